The Morgan fingerprint density at radius 1 is 1.20 bits per heavy atom. The summed E-state index contributed by atoms with van der Waals surface area (Å²) >= 11 is 1.38. The molecule has 1 fully saturated rings. The van der Waals surface area contributed by atoms with E-state index >= 15 is 0 Å². The summed E-state index contributed by atoms with van der Waals surface area (Å²) in [6.45, 7) is 5.15. The van der Waals surface area contributed by atoms with Crippen LogP contribution in [0.15, 0.2) is 54.8 Å². The zero-order chi connectivity index (χ0) is 24.8. The average Bonchev–Trinajstić information content (AvgIpc) is 3.53. The fourth-order valence-corrected chi connectivity index (χ4v) is 4.45. The summed E-state index contributed by atoms with van der Waals surface area (Å²) < 4.78 is 2.00. The number of hydrogen-bond donors (Lipinski definition) is 2. The SMILES string of the molecule is C=CC=O.CN1CCC(n2nc(-c3ccc(C(=O)Nc4nccs4)cc3)c3c(N)ncnc32)CC1. The largest absolute Gasteiger partial charge is 0.383 e. The van der Waals surface area contributed by atoms with E-state index in [0.29, 0.717) is 22.8 Å². The van der Waals surface area contributed by atoms with Crippen LogP contribution in [0.4, 0.5) is 10.9 Å². The number of nitrogen functional groups attached to an aromatic ring is 1. The minimum atomic E-state index is -0.203. The molecule has 5 rings (SSSR count). The van der Waals surface area contributed by atoms with Crippen molar-refractivity contribution >= 4 is 45.5 Å². The van der Waals surface area contributed by atoms with Crippen molar-refractivity contribution in [1.29, 1.82) is 0 Å². The molecule has 10 nitrogen and oxygen atoms in total. The maximum atomic E-state index is 12.5. The van der Waals surface area contributed by atoms with Crippen LogP contribution in [0, 0.1) is 0 Å². The summed E-state index contributed by atoms with van der Waals surface area (Å²) in [4.78, 5) is 36.6. The van der Waals surface area contributed by atoms with E-state index in [1.807, 2.05) is 22.2 Å². The number of carbonyl (C=O) groups excluding carboxylic acids is 2. The number of aldehydes is 1. The summed E-state index contributed by atoms with van der Waals surface area (Å²) in [5.41, 5.74) is 9.13. The summed E-state index contributed by atoms with van der Waals surface area (Å²) in [7, 11) is 2.13. The number of allylic oxidation sites excluding steroid dienone is 1. The first-order valence-corrected chi connectivity index (χ1v) is 11.9. The van der Waals surface area contributed by atoms with Crippen molar-refractivity contribution < 1.29 is 9.59 Å². The van der Waals surface area contributed by atoms with Gasteiger partial charge in [-0.15, -0.1) is 11.3 Å². The molecule has 0 bridgehead atoms. The van der Waals surface area contributed by atoms with E-state index in [9.17, 15) is 4.79 Å². The Kier molecular flexibility index (Phi) is 7.58. The molecule has 0 unspecified atom stereocenters. The number of benzene rings is 1. The molecule has 3 N–H and O–H groups in total. The van der Waals surface area contributed by atoms with Gasteiger partial charge in [0.05, 0.1) is 11.4 Å². The second-order valence-corrected chi connectivity index (χ2v) is 8.92. The molecule has 1 aliphatic rings. The van der Waals surface area contributed by atoms with Gasteiger partial charge in [-0.25, -0.2) is 19.6 Å². The van der Waals surface area contributed by atoms with Crippen LogP contribution in [0.1, 0.15) is 29.2 Å². The first-order chi connectivity index (χ1) is 17.0. The molecule has 1 amide bonds. The number of fused-ring (bicyclic) bond motifs is 1. The molecule has 1 saturated heterocycles. The highest BCUT2D eigenvalue weighted by Crippen LogP contribution is 2.34. The molecule has 0 radical (unpaired) electrons. The first kappa shape index (κ1) is 24.2. The Balaban J connectivity index is 0.000000672. The van der Waals surface area contributed by atoms with Gasteiger partial charge in [0.2, 0.25) is 0 Å². The number of aromatic nitrogens is 5. The second kappa shape index (κ2) is 11.0. The molecule has 1 aromatic carbocycles. The van der Waals surface area contributed by atoms with Crippen molar-refractivity contribution in [1.82, 2.24) is 29.6 Å². The molecule has 11 heteroatoms. The molecule has 3 aromatic heterocycles. The molecule has 0 saturated carbocycles. The van der Waals surface area contributed by atoms with Gasteiger partial charge in [-0.05, 0) is 51.2 Å². The molecular weight excluding hydrogens is 464 g/mol. The summed E-state index contributed by atoms with van der Waals surface area (Å²) in [5.74, 6) is 0.204. The highest BCUT2D eigenvalue weighted by Gasteiger charge is 2.25. The Morgan fingerprint density at radius 2 is 1.91 bits per heavy atom. The molecule has 4 aromatic rings. The van der Waals surface area contributed by atoms with Crippen molar-refractivity contribution in [3.8, 4) is 11.3 Å². The fourth-order valence-electron chi connectivity index (χ4n) is 3.93. The van der Waals surface area contributed by atoms with Gasteiger partial charge in [-0.3, -0.25) is 14.9 Å². The predicted octanol–water partition coefficient (Wildman–Crippen LogP) is 3.42. The normalized spacial score (nSPS) is 14.2. The van der Waals surface area contributed by atoms with Crippen molar-refractivity contribution in [2.24, 2.45) is 0 Å². The molecule has 180 valence electrons. The lowest BCUT2D eigenvalue weighted by molar-refractivity contribution is -0.104. The maximum absolute atomic E-state index is 12.5. The Bertz CT molecular complexity index is 1300. The third-order valence-corrected chi connectivity index (χ3v) is 6.41. The summed E-state index contributed by atoms with van der Waals surface area (Å²) in [5, 5.41) is 10.8. The minimum absolute atomic E-state index is 0.203. The van der Waals surface area contributed by atoms with Gasteiger partial charge in [0.25, 0.3) is 5.91 Å². The number of carbonyl (C=O) groups is 2. The number of nitrogens with one attached hydrogen (secondary N) is 1. The Morgan fingerprint density at radius 3 is 2.54 bits per heavy atom. The van der Waals surface area contributed by atoms with E-state index in [1.165, 1.54) is 23.7 Å². The maximum Gasteiger partial charge on any atom is 0.257 e. The number of nitrogens with two attached hydrogens (primary N) is 1. The van der Waals surface area contributed by atoms with E-state index in [2.05, 4.69) is 38.8 Å². The van der Waals surface area contributed by atoms with Crippen molar-refractivity contribution in [2.45, 2.75) is 18.9 Å². The van der Waals surface area contributed by atoms with Crippen LogP contribution in [0.25, 0.3) is 22.3 Å². The van der Waals surface area contributed by atoms with E-state index in [4.69, 9.17) is 15.6 Å². The van der Waals surface area contributed by atoms with Crippen LogP contribution in [-0.2, 0) is 4.79 Å². The van der Waals surface area contributed by atoms with Gasteiger partial charge in [0.15, 0.2) is 10.8 Å². The number of rotatable bonds is 5. The van der Waals surface area contributed by atoms with E-state index in [0.717, 1.165) is 48.2 Å². The first-order valence-electron chi connectivity index (χ1n) is 11.1. The van der Waals surface area contributed by atoms with Crippen LogP contribution < -0.4 is 11.1 Å². The molecular formula is C24H26N8O2S. The van der Waals surface area contributed by atoms with Crippen LogP contribution in [0.5, 0.6) is 0 Å². The zero-order valence-corrected chi connectivity index (χ0v) is 20.1. The fraction of sp³-hybridized carbons (Fsp3) is 0.250. The van der Waals surface area contributed by atoms with Crippen molar-refractivity contribution in [2.75, 3.05) is 31.2 Å². The van der Waals surface area contributed by atoms with Gasteiger partial charge in [-0.2, -0.15) is 5.10 Å². The highest BCUT2D eigenvalue weighted by molar-refractivity contribution is 7.13. The van der Waals surface area contributed by atoms with Crippen molar-refractivity contribution in [3.63, 3.8) is 0 Å². The monoisotopic (exact) mass is 490 g/mol. The number of thiazole rings is 1. The number of nitrogens with zero attached hydrogens (tertiary/aromatic N) is 6. The Hall–Kier alpha value is -3.96. The molecule has 0 aliphatic carbocycles. The topological polar surface area (TPSA) is 132 Å². The van der Waals surface area contributed by atoms with Gasteiger partial charge in [-0.1, -0.05) is 18.7 Å². The third-order valence-electron chi connectivity index (χ3n) is 5.72. The average molecular weight is 491 g/mol. The van der Waals surface area contributed by atoms with Gasteiger partial charge < -0.3 is 10.6 Å². The minimum Gasteiger partial charge on any atom is -0.383 e. The highest BCUT2D eigenvalue weighted by atomic mass is 32.1. The molecule has 0 atom stereocenters. The Labute approximate surface area is 206 Å². The number of hydrogen-bond acceptors (Lipinski definition) is 9. The molecule has 35 heavy (non-hydrogen) atoms. The quantitative estimate of drug-likeness (QED) is 0.321. The standard InChI is InChI=1S/C21H22N8OS.C3H4O/c1-28-9-6-15(7-10-28)29-19-16(18(22)24-12-25-19)17(27-29)13-2-4-14(5-3-13)20(30)26-21-23-8-11-31-21;1-2-3-4/h2-5,8,11-12,15H,6-7,9-10H2,1H3,(H2,22,24,25)(H,23,26,30);2-3H,1H2. The summed E-state index contributed by atoms with van der Waals surface area (Å²) in [6.07, 6.45) is 6.99. The second-order valence-electron chi connectivity index (χ2n) is 8.03. The zero-order valence-electron chi connectivity index (χ0n) is 19.3. The lowest BCUT2D eigenvalue weighted by atomic mass is 10.1. The van der Waals surface area contributed by atoms with Crippen LogP contribution in [0.2, 0.25) is 0 Å². The van der Waals surface area contributed by atoms with Gasteiger partial charge in [0, 0.05) is 22.7 Å². The van der Waals surface area contributed by atoms with E-state index in [1.54, 1.807) is 18.3 Å². The van der Waals surface area contributed by atoms with E-state index in [-0.39, 0.29) is 11.9 Å². The smallest absolute Gasteiger partial charge is 0.257 e. The lowest BCUT2D eigenvalue weighted by Crippen LogP contribution is -2.31. The number of amides is 1. The van der Waals surface area contributed by atoms with Crippen LogP contribution >= 0.6 is 11.3 Å². The van der Waals surface area contributed by atoms with E-state index < -0.39 is 0 Å². The molecule has 1 aliphatic heterocycles. The van der Waals surface area contributed by atoms with Gasteiger partial charge in [0.1, 0.15) is 24.1 Å². The van der Waals surface area contributed by atoms with Gasteiger partial charge >= 0.3 is 0 Å². The predicted molar refractivity (Wildman–Crippen MR) is 137 cm³/mol. The number of piperidine rings is 1. The number of likely N-dealkylation sites (tertiary alicyclic amines) is 1. The number of anilines is 2. The van der Waals surface area contributed by atoms with Crippen molar-refractivity contribution in [3.05, 3.63) is 60.4 Å². The lowest BCUT2D eigenvalue weighted by Gasteiger charge is -2.29. The van der Waals surface area contributed by atoms with Crippen LogP contribution in [-0.4, -0.2) is 62.0 Å². The van der Waals surface area contributed by atoms with Crippen LogP contribution in [0.3, 0.4) is 0 Å². The molecule has 0 spiro atoms. The molecule has 4 heterocycles. The third kappa shape index (κ3) is 5.42. The summed E-state index contributed by atoms with van der Waals surface area (Å²) in [6, 6.07) is 7.58.